The molecule has 0 aromatic carbocycles. The van der Waals surface area contributed by atoms with Gasteiger partial charge in [0.2, 0.25) is 0 Å². The average molecular weight is 171 g/mol. The van der Waals surface area contributed by atoms with Crippen molar-refractivity contribution in [2.45, 2.75) is 0 Å². The Kier molecular flexibility index (Phi) is 1.81. The molecule has 2 N–H and O–H groups in total. The molecular weight excluding hydrogens is 158 g/mol. The molecule has 2 atom stereocenters. The first-order valence-corrected chi connectivity index (χ1v) is 4.27. The number of carbonyl (C=O) groups is 1. The maximum atomic E-state index is 10.3. The van der Waals surface area contributed by atoms with E-state index in [1.54, 1.807) is 0 Å². The van der Waals surface area contributed by atoms with Gasteiger partial charge >= 0.3 is 5.97 Å². The van der Waals surface area contributed by atoms with Crippen molar-refractivity contribution in [3.05, 3.63) is 0 Å². The predicted octanol–water partition coefficient (Wildman–Crippen LogP) is -0.759. The minimum absolute atomic E-state index is 0.158. The van der Waals surface area contributed by atoms with Crippen LogP contribution in [0.4, 0.5) is 0 Å². The maximum absolute atomic E-state index is 10.3. The highest BCUT2D eigenvalue weighted by molar-refractivity contribution is 5.69. The van der Waals surface area contributed by atoms with Crippen molar-refractivity contribution in [1.29, 1.82) is 0 Å². The standard InChI is InChI=1S/C8H13NO3/c10-4-7-5-1-9(2-6(5)7)3-8(11)12/h5-7,10H,1-4H2,(H,11,12). The summed E-state index contributed by atoms with van der Waals surface area (Å²) in [5, 5.41) is 17.4. The largest absolute Gasteiger partial charge is 0.480 e. The molecule has 0 radical (unpaired) electrons. The molecule has 1 saturated carbocycles. The van der Waals surface area contributed by atoms with Crippen LogP contribution in [0.3, 0.4) is 0 Å². The highest BCUT2D eigenvalue weighted by Gasteiger charge is 2.54. The number of carboxylic acid groups (broad SMARTS) is 1. The lowest BCUT2D eigenvalue weighted by Gasteiger charge is -2.15. The summed E-state index contributed by atoms with van der Waals surface area (Å²) in [6, 6.07) is 0. The van der Waals surface area contributed by atoms with Crippen molar-refractivity contribution < 1.29 is 15.0 Å². The van der Waals surface area contributed by atoms with Gasteiger partial charge in [-0.1, -0.05) is 0 Å². The number of nitrogens with zero attached hydrogens (tertiary/aromatic N) is 1. The Morgan fingerprint density at radius 3 is 2.42 bits per heavy atom. The molecule has 0 aromatic rings. The maximum Gasteiger partial charge on any atom is 0.317 e. The van der Waals surface area contributed by atoms with Gasteiger partial charge in [0.05, 0.1) is 6.54 Å². The number of hydrogen-bond acceptors (Lipinski definition) is 3. The molecule has 1 aliphatic carbocycles. The van der Waals surface area contributed by atoms with Crippen LogP contribution in [0.2, 0.25) is 0 Å². The molecule has 2 aliphatic rings. The molecule has 1 saturated heterocycles. The Balaban J connectivity index is 1.78. The van der Waals surface area contributed by atoms with Crippen LogP contribution in [0.5, 0.6) is 0 Å². The van der Waals surface area contributed by atoms with Gasteiger partial charge in [-0.25, -0.2) is 0 Å². The molecule has 0 amide bonds. The third-order valence-corrected chi connectivity index (χ3v) is 3.02. The van der Waals surface area contributed by atoms with Gasteiger partial charge in [-0.05, 0) is 17.8 Å². The topological polar surface area (TPSA) is 60.8 Å². The summed E-state index contributed by atoms with van der Waals surface area (Å²) in [6.45, 7) is 2.16. The molecule has 0 spiro atoms. The van der Waals surface area contributed by atoms with Crippen molar-refractivity contribution in [2.24, 2.45) is 17.8 Å². The molecular formula is C8H13NO3. The molecule has 2 unspecified atom stereocenters. The summed E-state index contributed by atoms with van der Waals surface area (Å²) in [5.74, 6) is 0.871. The first kappa shape index (κ1) is 8.01. The van der Waals surface area contributed by atoms with Gasteiger partial charge < -0.3 is 10.2 Å². The zero-order valence-electron chi connectivity index (χ0n) is 6.81. The first-order chi connectivity index (χ1) is 5.72. The third-order valence-electron chi connectivity index (χ3n) is 3.02. The number of aliphatic hydroxyl groups excluding tert-OH is 1. The Bertz CT molecular complexity index is 194. The average Bonchev–Trinajstić information content (AvgIpc) is 2.45. The van der Waals surface area contributed by atoms with E-state index in [9.17, 15) is 4.79 Å². The summed E-state index contributed by atoms with van der Waals surface area (Å²) in [5.41, 5.74) is 0. The molecule has 12 heavy (non-hydrogen) atoms. The van der Waals surface area contributed by atoms with E-state index in [0.29, 0.717) is 17.8 Å². The van der Waals surface area contributed by atoms with Crippen LogP contribution in [-0.4, -0.2) is 47.3 Å². The van der Waals surface area contributed by atoms with E-state index in [1.807, 2.05) is 4.90 Å². The van der Waals surface area contributed by atoms with Gasteiger partial charge in [0.25, 0.3) is 0 Å². The molecule has 1 aliphatic heterocycles. The number of fused-ring (bicyclic) bond motifs is 1. The van der Waals surface area contributed by atoms with Gasteiger partial charge in [0.1, 0.15) is 0 Å². The van der Waals surface area contributed by atoms with E-state index in [-0.39, 0.29) is 13.2 Å². The number of piperidine rings is 1. The fraction of sp³-hybridized carbons (Fsp3) is 0.875. The number of rotatable bonds is 3. The Morgan fingerprint density at radius 1 is 1.42 bits per heavy atom. The summed E-state index contributed by atoms with van der Waals surface area (Å²) in [6.07, 6.45) is 0. The Labute approximate surface area is 70.8 Å². The summed E-state index contributed by atoms with van der Waals surface area (Å²) in [4.78, 5) is 12.3. The highest BCUT2D eigenvalue weighted by Crippen LogP contribution is 2.50. The number of aliphatic hydroxyl groups is 1. The molecule has 0 aromatic heterocycles. The van der Waals surface area contributed by atoms with Gasteiger partial charge in [0, 0.05) is 19.7 Å². The molecule has 1 heterocycles. The van der Waals surface area contributed by atoms with E-state index in [2.05, 4.69) is 0 Å². The quantitative estimate of drug-likeness (QED) is 0.586. The summed E-state index contributed by atoms with van der Waals surface area (Å²) >= 11 is 0. The number of aliphatic carboxylic acids is 1. The predicted molar refractivity (Wildman–Crippen MR) is 41.6 cm³/mol. The molecule has 2 fully saturated rings. The van der Waals surface area contributed by atoms with Crippen LogP contribution in [0, 0.1) is 17.8 Å². The number of hydrogen-bond donors (Lipinski definition) is 2. The van der Waals surface area contributed by atoms with Gasteiger partial charge in [0.15, 0.2) is 0 Å². The summed E-state index contributed by atoms with van der Waals surface area (Å²) in [7, 11) is 0. The van der Waals surface area contributed by atoms with Crippen LogP contribution >= 0.6 is 0 Å². The lowest BCUT2D eigenvalue weighted by molar-refractivity contribution is -0.138. The van der Waals surface area contributed by atoms with Crippen molar-refractivity contribution in [3.8, 4) is 0 Å². The summed E-state index contributed by atoms with van der Waals surface area (Å²) < 4.78 is 0. The van der Waals surface area contributed by atoms with Crippen LogP contribution in [0.25, 0.3) is 0 Å². The van der Waals surface area contributed by atoms with Crippen molar-refractivity contribution in [1.82, 2.24) is 4.90 Å². The van der Waals surface area contributed by atoms with Crippen LogP contribution in [0.15, 0.2) is 0 Å². The SMILES string of the molecule is O=C(O)CN1CC2C(CO)C2C1. The van der Waals surface area contributed by atoms with Crippen molar-refractivity contribution in [2.75, 3.05) is 26.2 Å². The van der Waals surface area contributed by atoms with Crippen LogP contribution in [-0.2, 0) is 4.79 Å². The molecule has 68 valence electrons. The van der Waals surface area contributed by atoms with Crippen LogP contribution < -0.4 is 0 Å². The zero-order valence-corrected chi connectivity index (χ0v) is 6.81. The van der Waals surface area contributed by atoms with E-state index in [1.165, 1.54) is 0 Å². The third kappa shape index (κ3) is 1.21. The lowest BCUT2D eigenvalue weighted by Crippen LogP contribution is -2.30. The molecule has 4 nitrogen and oxygen atoms in total. The fourth-order valence-electron chi connectivity index (χ4n) is 2.33. The second kappa shape index (κ2) is 2.71. The Morgan fingerprint density at radius 2 is 2.00 bits per heavy atom. The highest BCUT2D eigenvalue weighted by atomic mass is 16.4. The van der Waals surface area contributed by atoms with E-state index in [0.717, 1.165) is 13.1 Å². The first-order valence-electron chi connectivity index (χ1n) is 4.27. The van der Waals surface area contributed by atoms with Crippen molar-refractivity contribution >= 4 is 5.97 Å². The minimum Gasteiger partial charge on any atom is -0.480 e. The molecule has 0 bridgehead atoms. The second-order valence-electron chi connectivity index (χ2n) is 3.76. The second-order valence-corrected chi connectivity index (χ2v) is 3.76. The zero-order chi connectivity index (χ0) is 8.72. The van der Waals surface area contributed by atoms with E-state index < -0.39 is 5.97 Å². The lowest BCUT2D eigenvalue weighted by atomic mass is 10.3. The fourth-order valence-corrected chi connectivity index (χ4v) is 2.33. The Hall–Kier alpha value is -0.610. The smallest absolute Gasteiger partial charge is 0.317 e. The number of likely N-dealkylation sites (tertiary alicyclic amines) is 1. The van der Waals surface area contributed by atoms with E-state index >= 15 is 0 Å². The minimum atomic E-state index is -0.753. The van der Waals surface area contributed by atoms with E-state index in [4.69, 9.17) is 10.2 Å². The molecule has 2 rings (SSSR count). The monoisotopic (exact) mass is 171 g/mol. The van der Waals surface area contributed by atoms with Gasteiger partial charge in [-0.3, -0.25) is 9.69 Å². The number of carboxylic acids is 1. The van der Waals surface area contributed by atoms with Crippen molar-refractivity contribution in [3.63, 3.8) is 0 Å². The normalized spacial score (nSPS) is 39.6. The van der Waals surface area contributed by atoms with Gasteiger partial charge in [-0.2, -0.15) is 0 Å². The van der Waals surface area contributed by atoms with Crippen LogP contribution in [0.1, 0.15) is 0 Å². The van der Waals surface area contributed by atoms with Gasteiger partial charge in [-0.15, -0.1) is 0 Å². The molecule has 4 heteroatoms.